The number of Topliss-reactive ketones (excluding diaryl/α,β-unsaturated/α-hetero) is 1. The maximum Gasteiger partial charge on any atom is 0.191 e. The second-order valence-electron chi connectivity index (χ2n) is 8.26. The zero-order valence-corrected chi connectivity index (χ0v) is 16.0. The molecule has 5 heteroatoms. The molecule has 4 nitrogen and oxygen atoms in total. The number of ketones is 1. The van der Waals surface area contributed by atoms with Crippen molar-refractivity contribution in [3.8, 4) is 0 Å². The van der Waals surface area contributed by atoms with Crippen LogP contribution in [-0.4, -0.2) is 26.3 Å². The first-order chi connectivity index (χ1) is 11.9. The minimum Gasteiger partial charge on any atom is -0.303 e. The van der Waals surface area contributed by atoms with Gasteiger partial charge in [0, 0.05) is 17.5 Å². The van der Waals surface area contributed by atoms with Gasteiger partial charge in [-0.2, -0.15) is 0 Å². The van der Waals surface area contributed by atoms with E-state index in [0.717, 1.165) is 16.5 Å². The van der Waals surface area contributed by atoms with E-state index in [1.54, 1.807) is 0 Å². The largest absolute Gasteiger partial charge is 0.303 e. The molecule has 0 N–H and O–H groups in total. The van der Waals surface area contributed by atoms with Crippen molar-refractivity contribution in [3.05, 3.63) is 41.2 Å². The molecule has 0 saturated heterocycles. The van der Waals surface area contributed by atoms with Gasteiger partial charge in [-0.25, -0.2) is 0 Å². The van der Waals surface area contributed by atoms with Gasteiger partial charge < -0.3 is 4.57 Å². The summed E-state index contributed by atoms with van der Waals surface area (Å²) in [7, 11) is 0. The van der Waals surface area contributed by atoms with Crippen molar-refractivity contribution in [2.75, 3.05) is 5.75 Å². The first-order valence-corrected chi connectivity index (χ1v) is 10.1. The number of aromatic nitrogens is 3. The molecule has 0 unspecified atom stereocenters. The molecule has 2 saturated carbocycles. The highest BCUT2D eigenvalue weighted by atomic mass is 32.2. The van der Waals surface area contributed by atoms with Crippen molar-refractivity contribution >= 4 is 17.5 Å². The van der Waals surface area contributed by atoms with Gasteiger partial charge in [-0.1, -0.05) is 56.8 Å². The normalized spacial score (nSPS) is 17.7. The second kappa shape index (κ2) is 6.27. The molecule has 1 aromatic carbocycles. The van der Waals surface area contributed by atoms with Crippen LogP contribution < -0.4 is 0 Å². The van der Waals surface area contributed by atoms with Crippen LogP contribution in [0.3, 0.4) is 0 Å². The Morgan fingerprint density at radius 2 is 1.80 bits per heavy atom. The molecule has 1 aromatic heterocycles. The molecule has 0 spiro atoms. The van der Waals surface area contributed by atoms with Gasteiger partial charge in [-0.05, 0) is 36.7 Å². The Balaban J connectivity index is 1.44. The van der Waals surface area contributed by atoms with Gasteiger partial charge >= 0.3 is 0 Å². The summed E-state index contributed by atoms with van der Waals surface area (Å²) in [4.78, 5) is 12.6. The molecule has 1 heterocycles. The van der Waals surface area contributed by atoms with E-state index in [2.05, 4.69) is 47.7 Å². The van der Waals surface area contributed by atoms with E-state index in [4.69, 9.17) is 0 Å². The third kappa shape index (κ3) is 3.66. The maximum absolute atomic E-state index is 12.6. The SMILES string of the molecule is CC(C)(C)c1ccc(C(=O)CSc2nnc(C3CC3)n2C2CC2)cc1. The van der Waals surface area contributed by atoms with Crippen molar-refractivity contribution < 1.29 is 4.79 Å². The molecule has 2 aliphatic carbocycles. The van der Waals surface area contributed by atoms with E-state index in [1.807, 2.05) is 12.1 Å². The number of hydrogen-bond acceptors (Lipinski definition) is 4. The molecular weight excluding hydrogens is 330 g/mol. The predicted octanol–water partition coefficient (Wildman–Crippen LogP) is 4.76. The number of carbonyl (C=O) groups excluding carboxylic acids is 1. The highest BCUT2D eigenvalue weighted by Gasteiger charge is 2.36. The molecule has 2 aromatic rings. The first-order valence-electron chi connectivity index (χ1n) is 9.15. The van der Waals surface area contributed by atoms with E-state index >= 15 is 0 Å². The zero-order valence-electron chi connectivity index (χ0n) is 15.2. The van der Waals surface area contributed by atoms with Crippen molar-refractivity contribution in [2.45, 2.75) is 69.0 Å². The van der Waals surface area contributed by atoms with Crippen LogP contribution in [0.25, 0.3) is 0 Å². The highest BCUT2D eigenvalue weighted by molar-refractivity contribution is 7.99. The summed E-state index contributed by atoms with van der Waals surface area (Å²) in [5.41, 5.74) is 2.13. The Kier molecular flexibility index (Phi) is 4.22. The lowest BCUT2D eigenvalue weighted by atomic mass is 9.86. The topological polar surface area (TPSA) is 47.8 Å². The molecule has 0 bridgehead atoms. The van der Waals surface area contributed by atoms with Crippen LogP contribution in [0.2, 0.25) is 0 Å². The average Bonchev–Trinajstić information content (AvgIpc) is 3.50. The van der Waals surface area contributed by atoms with Crippen molar-refractivity contribution in [1.82, 2.24) is 14.8 Å². The minimum atomic E-state index is 0.107. The second-order valence-corrected chi connectivity index (χ2v) is 9.20. The van der Waals surface area contributed by atoms with Crippen LogP contribution in [0.15, 0.2) is 29.4 Å². The lowest BCUT2D eigenvalue weighted by Gasteiger charge is -2.18. The summed E-state index contributed by atoms with van der Waals surface area (Å²) in [5.74, 6) is 2.32. The van der Waals surface area contributed by atoms with Gasteiger partial charge in [0.2, 0.25) is 0 Å². The Labute approximate surface area is 153 Å². The summed E-state index contributed by atoms with van der Waals surface area (Å²) >= 11 is 1.53. The molecule has 2 fully saturated rings. The third-order valence-corrected chi connectivity index (χ3v) is 5.89. The van der Waals surface area contributed by atoms with E-state index in [9.17, 15) is 4.79 Å². The molecule has 0 amide bonds. The number of nitrogens with zero attached hydrogens (tertiary/aromatic N) is 3. The highest BCUT2D eigenvalue weighted by Crippen LogP contribution is 2.46. The maximum atomic E-state index is 12.6. The molecule has 0 aliphatic heterocycles. The van der Waals surface area contributed by atoms with Crippen LogP contribution in [0.5, 0.6) is 0 Å². The lowest BCUT2D eigenvalue weighted by molar-refractivity contribution is 0.102. The summed E-state index contributed by atoms with van der Waals surface area (Å²) in [6, 6.07) is 8.59. The Morgan fingerprint density at radius 3 is 2.36 bits per heavy atom. The Morgan fingerprint density at radius 1 is 1.12 bits per heavy atom. The summed E-state index contributed by atoms with van der Waals surface area (Å²) in [6.07, 6.45) is 4.89. The fourth-order valence-corrected chi connectivity index (χ4v) is 3.96. The standard InChI is InChI=1S/C20H25N3OS/c1-20(2,3)15-8-6-13(7-9-15)17(24)12-25-19-22-21-18(14-4-5-14)23(19)16-10-11-16/h6-9,14,16H,4-5,10-12H2,1-3H3. The van der Waals surface area contributed by atoms with Gasteiger partial charge in [-0.15, -0.1) is 10.2 Å². The third-order valence-electron chi connectivity index (χ3n) is 4.95. The summed E-state index contributed by atoms with van der Waals surface area (Å²) in [6.45, 7) is 6.55. The predicted molar refractivity (Wildman–Crippen MR) is 100 cm³/mol. The lowest BCUT2D eigenvalue weighted by Crippen LogP contribution is -2.11. The van der Waals surface area contributed by atoms with E-state index < -0.39 is 0 Å². The first kappa shape index (κ1) is 16.8. The number of thioether (sulfide) groups is 1. The number of benzene rings is 1. The fourth-order valence-electron chi connectivity index (χ4n) is 3.05. The number of rotatable bonds is 6. The van der Waals surface area contributed by atoms with E-state index in [-0.39, 0.29) is 11.2 Å². The average molecular weight is 356 g/mol. The van der Waals surface area contributed by atoms with Crippen molar-refractivity contribution in [2.24, 2.45) is 0 Å². The molecule has 0 atom stereocenters. The molecule has 4 rings (SSSR count). The number of carbonyl (C=O) groups is 1. The monoisotopic (exact) mass is 355 g/mol. The van der Waals surface area contributed by atoms with Gasteiger partial charge in [-0.3, -0.25) is 4.79 Å². The van der Waals surface area contributed by atoms with E-state index in [1.165, 1.54) is 43.0 Å². The van der Waals surface area contributed by atoms with Crippen LogP contribution in [0.1, 0.15) is 80.2 Å². The number of hydrogen-bond donors (Lipinski definition) is 0. The fraction of sp³-hybridized carbons (Fsp3) is 0.550. The zero-order chi connectivity index (χ0) is 17.6. The van der Waals surface area contributed by atoms with Gasteiger partial charge in [0.25, 0.3) is 0 Å². The van der Waals surface area contributed by atoms with E-state index in [0.29, 0.717) is 17.7 Å². The van der Waals surface area contributed by atoms with Crippen LogP contribution in [0.4, 0.5) is 0 Å². The van der Waals surface area contributed by atoms with Crippen LogP contribution >= 0.6 is 11.8 Å². The summed E-state index contributed by atoms with van der Waals surface area (Å²) in [5, 5.41) is 9.70. The molecular formula is C20H25N3OS. The molecule has 25 heavy (non-hydrogen) atoms. The molecule has 0 radical (unpaired) electrons. The Bertz CT molecular complexity index is 780. The van der Waals surface area contributed by atoms with Crippen LogP contribution in [-0.2, 0) is 5.41 Å². The summed E-state index contributed by atoms with van der Waals surface area (Å²) < 4.78 is 2.30. The van der Waals surface area contributed by atoms with Crippen LogP contribution in [0, 0.1) is 0 Å². The van der Waals surface area contributed by atoms with Crippen molar-refractivity contribution in [1.29, 1.82) is 0 Å². The smallest absolute Gasteiger partial charge is 0.191 e. The van der Waals surface area contributed by atoms with Gasteiger partial charge in [0.15, 0.2) is 10.9 Å². The Hall–Kier alpha value is -1.62. The van der Waals surface area contributed by atoms with Gasteiger partial charge in [0.05, 0.1) is 5.75 Å². The van der Waals surface area contributed by atoms with Gasteiger partial charge in [0.1, 0.15) is 5.82 Å². The molecule has 132 valence electrons. The minimum absolute atomic E-state index is 0.107. The molecule has 2 aliphatic rings. The van der Waals surface area contributed by atoms with Crippen molar-refractivity contribution in [3.63, 3.8) is 0 Å². The quantitative estimate of drug-likeness (QED) is 0.553.